The van der Waals surface area contributed by atoms with Crippen molar-refractivity contribution in [1.82, 2.24) is 10.3 Å². The lowest BCUT2D eigenvalue weighted by Gasteiger charge is -2.13. The fourth-order valence-electron chi connectivity index (χ4n) is 1.47. The molecule has 1 N–H and O–H groups in total. The van der Waals surface area contributed by atoms with Gasteiger partial charge in [-0.1, -0.05) is 18.5 Å². The highest BCUT2D eigenvalue weighted by atomic mass is 35.5. The predicted molar refractivity (Wildman–Crippen MR) is 65.3 cm³/mol. The summed E-state index contributed by atoms with van der Waals surface area (Å²) in [5.41, 5.74) is 1.19. The van der Waals surface area contributed by atoms with Gasteiger partial charge in [-0.05, 0) is 44.4 Å². The molecule has 0 saturated carbocycles. The molecule has 84 valence electrons. The molecule has 1 heterocycles. The van der Waals surface area contributed by atoms with Crippen LogP contribution in [-0.2, 0) is 6.42 Å². The van der Waals surface area contributed by atoms with E-state index >= 15 is 0 Å². The second-order valence-electron chi connectivity index (χ2n) is 3.86. The Balaban J connectivity index is 2.33. The van der Waals surface area contributed by atoms with Crippen molar-refractivity contribution in [1.29, 1.82) is 0 Å². The fraction of sp³-hybridized carbons (Fsp3) is 0.583. The van der Waals surface area contributed by atoms with Gasteiger partial charge in [0.15, 0.2) is 0 Å². The molecular formula is C12H19ClN2. The Kier molecular flexibility index (Phi) is 5.66. The largest absolute Gasteiger partial charge is 0.314 e. The van der Waals surface area contributed by atoms with Gasteiger partial charge in [-0.25, -0.2) is 0 Å². The quantitative estimate of drug-likeness (QED) is 0.807. The summed E-state index contributed by atoms with van der Waals surface area (Å²) in [6.07, 6.45) is 6.82. The number of aromatic nitrogens is 1. The van der Waals surface area contributed by atoms with E-state index in [9.17, 15) is 0 Å². The van der Waals surface area contributed by atoms with Crippen LogP contribution in [0, 0.1) is 0 Å². The summed E-state index contributed by atoms with van der Waals surface area (Å²) < 4.78 is 0. The third kappa shape index (κ3) is 4.63. The van der Waals surface area contributed by atoms with Crippen LogP contribution in [0.1, 0.15) is 32.3 Å². The Morgan fingerprint density at radius 2 is 2.33 bits per heavy atom. The molecule has 0 aromatic carbocycles. The number of rotatable bonds is 6. The molecule has 2 nitrogen and oxygen atoms in total. The topological polar surface area (TPSA) is 24.9 Å². The second kappa shape index (κ2) is 6.81. The van der Waals surface area contributed by atoms with Crippen LogP contribution in [0.25, 0.3) is 0 Å². The fourth-order valence-corrected chi connectivity index (χ4v) is 1.69. The highest BCUT2D eigenvalue weighted by Crippen LogP contribution is 2.15. The summed E-state index contributed by atoms with van der Waals surface area (Å²) in [5.74, 6) is 0. The monoisotopic (exact) mass is 226 g/mol. The molecule has 1 aromatic rings. The summed E-state index contributed by atoms with van der Waals surface area (Å²) in [7, 11) is 0. The van der Waals surface area contributed by atoms with Gasteiger partial charge in [0.1, 0.15) is 0 Å². The minimum absolute atomic E-state index is 0.550. The van der Waals surface area contributed by atoms with Crippen LogP contribution in [-0.4, -0.2) is 17.6 Å². The Morgan fingerprint density at radius 1 is 1.53 bits per heavy atom. The van der Waals surface area contributed by atoms with Crippen LogP contribution < -0.4 is 5.32 Å². The van der Waals surface area contributed by atoms with Gasteiger partial charge in [-0.3, -0.25) is 4.98 Å². The maximum Gasteiger partial charge on any atom is 0.0621 e. The lowest BCUT2D eigenvalue weighted by molar-refractivity contribution is 0.514. The van der Waals surface area contributed by atoms with Crippen LogP contribution in [0.2, 0.25) is 5.02 Å². The first-order chi connectivity index (χ1) is 7.24. The van der Waals surface area contributed by atoms with E-state index in [1.165, 1.54) is 12.0 Å². The normalized spacial score (nSPS) is 12.7. The van der Waals surface area contributed by atoms with Crippen molar-refractivity contribution in [3.63, 3.8) is 0 Å². The van der Waals surface area contributed by atoms with Crippen LogP contribution in [0.15, 0.2) is 18.5 Å². The van der Waals surface area contributed by atoms with E-state index in [4.69, 9.17) is 11.6 Å². The van der Waals surface area contributed by atoms with Gasteiger partial charge in [-0.2, -0.15) is 0 Å². The molecule has 0 aliphatic carbocycles. The van der Waals surface area contributed by atoms with Crippen LogP contribution in [0.3, 0.4) is 0 Å². The summed E-state index contributed by atoms with van der Waals surface area (Å²) in [6, 6.07) is 2.55. The van der Waals surface area contributed by atoms with Crippen molar-refractivity contribution >= 4 is 11.6 Å². The molecule has 0 aliphatic heterocycles. The van der Waals surface area contributed by atoms with Gasteiger partial charge in [0.2, 0.25) is 0 Å². The smallest absolute Gasteiger partial charge is 0.0621 e. The van der Waals surface area contributed by atoms with E-state index in [0.717, 1.165) is 24.4 Å². The molecule has 0 fully saturated rings. The maximum atomic E-state index is 6.03. The number of aryl methyl sites for hydroxylation is 1. The third-order valence-corrected chi connectivity index (χ3v) is 2.79. The molecule has 1 rings (SSSR count). The third-order valence-electron chi connectivity index (χ3n) is 2.45. The summed E-state index contributed by atoms with van der Waals surface area (Å²) in [6.45, 7) is 5.48. The van der Waals surface area contributed by atoms with Crippen LogP contribution in [0.4, 0.5) is 0 Å². The molecule has 1 atom stereocenters. The first kappa shape index (κ1) is 12.5. The van der Waals surface area contributed by atoms with E-state index in [2.05, 4.69) is 24.1 Å². The molecule has 0 aliphatic rings. The van der Waals surface area contributed by atoms with Gasteiger partial charge in [0.05, 0.1) is 5.02 Å². The Bertz CT molecular complexity index is 289. The Labute approximate surface area is 97.1 Å². The van der Waals surface area contributed by atoms with Crippen molar-refractivity contribution in [2.45, 2.75) is 39.2 Å². The number of pyridine rings is 1. The maximum absolute atomic E-state index is 6.03. The second-order valence-corrected chi connectivity index (χ2v) is 4.27. The number of hydrogen-bond donors (Lipinski definition) is 1. The Morgan fingerprint density at radius 3 is 3.00 bits per heavy atom. The van der Waals surface area contributed by atoms with Gasteiger partial charge in [0.25, 0.3) is 0 Å². The Hall–Kier alpha value is -0.600. The zero-order valence-corrected chi connectivity index (χ0v) is 10.2. The van der Waals surface area contributed by atoms with Crippen molar-refractivity contribution < 1.29 is 0 Å². The van der Waals surface area contributed by atoms with Gasteiger partial charge >= 0.3 is 0 Å². The SMILES string of the molecule is CCCNC(C)CCc1ccncc1Cl. The molecule has 15 heavy (non-hydrogen) atoms. The molecule has 0 radical (unpaired) electrons. The average molecular weight is 227 g/mol. The molecule has 0 saturated heterocycles. The minimum Gasteiger partial charge on any atom is -0.314 e. The van der Waals surface area contributed by atoms with Crippen molar-refractivity contribution in [2.24, 2.45) is 0 Å². The average Bonchev–Trinajstić information content (AvgIpc) is 2.25. The van der Waals surface area contributed by atoms with Gasteiger partial charge in [-0.15, -0.1) is 0 Å². The van der Waals surface area contributed by atoms with Gasteiger partial charge < -0.3 is 5.32 Å². The van der Waals surface area contributed by atoms with E-state index in [1.54, 1.807) is 12.4 Å². The first-order valence-corrected chi connectivity index (χ1v) is 5.93. The van der Waals surface area contributed by atoms with Crippen LogP contribution >= 0.6 is 11.6 Å². The molecule has 1 aromatic heterocycles. The lowest BCUT2D eigenvalue weighted by atomic mass is 10.1. The summed E-state index contributed by atoms with van der Waals surface area (Å²) >= 11 is 6.03. The number of nitrogens with one attached hydrogen (secondary N) is 1. The van der Waals surface area contributed by atoms with Crippen molar-refractivity contribution in [3.05, 3.63) is 29.0 Å². The highest BCUT2D eigenvalue weighted by Gasteiger charge is 2.03. The zero-order chi connectivity index (χ0) is 11.1. The summed E-state index contributed by atoms with van der Waals surface area (Å²) in [4.78, 5) is 3.97. The number of nitrogens with zero attached hydrogens (tertiary/aromatic N) is 1. The predicted octanol–water partition coefficient (Wildman–Crippen LogP) is 3.06. The number of halogens is 1. The molecule has 0 amide bonds. The molecule has 3 heteroatoms. The lowest BCUT2D eigenvalue weighted by Crippen LogP contribution is -2.27. The minimum atomic E-state index is 0.550. The van der Waals surface area contributed by atoms with E-state index in [-0.39, 0.29) is 0 Å². The molecule has 0 bridgehead atoms. The zero-order valence-electron chi connectivity index (χ0n) is 9.46. The molecule has 0 spiro atoms. The first-order valence-electron chi connectivity index (χ1n) is 5.55. The van der Waals surface area contributed by atoms with Gasteiger partial charge in [0, 0.05) is 18.4 Å². The number of hydrogen-bond acceptors (Lipinski definition) is 2. The highest BCUT2D eigenvalue weighted by molar-refractivity contribution is 6.31. The molecular weight excluding hydrogens is 208 g/mol. The van der Waals surface area contributed by atoms with Crippen molar-refractivity contribution in [3.8, 4) is 0 Å². The van der Waals surface area contributed by atoms with E-state index in [0.29, 0.717) is 6.04 Å². The van der Waals surface area contributed by atoms with E-state index < -0.39 is 0 Å². The standard InChI is InChI=1S/C12H19ClN2/c1-3-7-15-10(2)4-5-11-6-8-14-9-12(11)13/h6,8-10,15H,3-5,7H2,1-2H3. The molecule has 1 unspecified atom stereocenters. The summed E-state index contributed by atoms with van der Waals surface area (Å²) in [5, 5.41) is 4.24. The van der Waals surface area contributed by atoms with E-state index in [1.807, 2.05) is 6.07 Å². The van der Waals surface area contributed by atoms with Crippen LogP contribution in [0.5, 0.6) is 0 Å². The van der Waals surface area contributed by atoms with Crippen molar-refractivity contribution in [2.75, 3.05) is 6.54 Å².